The third-order valence-electron chi connectivity index (χ3n) is 4.70. The summed E-state index contributed by atoms with van der Waals surface area (Å²) in [6.07, 6.45) is 5.35. The van der Waals surface area contributed by atoms with E-state index in [-0.39, 0.29) is 0 Å². The molecule has 0 spiro atoms. The Morgan fingerprint density at radius 3 is 2.39 bits per heavy atom. The van der Waals surface area contributed by atoms with E-state index in [1.54, 1.807) is 0 Å². The number of hydrogen-bond acceptors (Lipinski definition) is 1. The van der Waals surface area contributed by atoms with Gasteiger partial charge in [0.25, 0.3) is 0 Å². The molecule has 0 aliphatic heterocycles. The van der Waals surface area contributed by atoms with Crippen LogP contribution in [0.25, 0.3) is 0 Å². The van der Waals surface area contributed by atoms with E-state index in [4.69, 9.17) is 0 Å². The predicted molar refractivity (Wildman–Crippen MR) is 78.8 cm³/mol. The molecule has 100 valence electrons. The average molecular weight is 245 g/mol. The van der Waals surface area contributed by atoms with Crippen LogP contribution in [-0.4, -0.2) is 13.1 Å². The third kappa shape index (κ3) is 3.14. The Morgan fingerprint density at radius 1 is 1.17 bits per heavy atom. The fraction of sp³-hybridized carbons (Fsp3) is 0.647. The zero-order valence-electron chi connectivity index (χ0n) is 12.0. The molecule has 2 rings (SSSR count). The van der Waals surface area contributed by atoms with Gasteiger partial charge in [-0.25, -0.2) is 0 Å². The molecule has 0 radical (unpaired) electrons. The Morgan fingerprint density at radius 2 is 1.83 bits per heavy atom. The molecular formula is C17H27N. The van der Waals surface area contributed by atoms with Gasteiger partial charge in [0.1, 0.15) is 0 Å². The van der Waals surface area contributed by atoms with Crippen LogP contribution >= 0.6 is 0 Å². The normalized spacial score (nSPS) is 24.2. The topological polar surface area (TPSA) is 12.0 Å². The molecule has 1 aromatic carbocycles. The third-order valence-corrected chi connectivity index (χ3v) is 4.70. The van der Waals surface area contributed by atoms with E-state index in [0.717, 1.165) is 17.8 Å². The number of hydrogen-bond donors (Lipinski definition) is 1. The van der Waals surface area contributed by atoms with E-state index >= 15 is 0 Å². The second-order valence-electron chi connectivity index (χ2n) is 5.73. The maximum Gasteiger partial charge on any atom is 0.0101 e. The highest BCUT2D eigenvalue weighted by Crippen LogP contribution is 2.50. The maximum atomic E-state index is 3.56. The molecule has 18 heavy (non-hydrogen) atoms. The van der Waals surface area contributed by atoms with Crippen LogP contribution in [0, 0.1) is 11.8 Å². The summed E-state index contributed by atoms with van der Waals surface area (Å²) in [5, 5.41) is 3.56. The van der Waals surface area contributed by atoms with E-state index in [9.17, 15) is 0 Å². The molecule has 0 heterocycles. The van der Waals surface area contributed by atoms with E-state index in [1.165, 1.54) is 31.2 Å². The smallest absolute Gasteiger partial charge is 0.0101 e. The van der Waals surface area contributed by atoms with E-state index in [0.29, 0.717) is 6.04 Å². The summed E-state index contributed by atoms with van der Waals surface area (Å²) in [5.41, 5.74) is 1.53. The standard InChI is InChI=1S/C17H27N/c1-4-13(5-2)11-17(18-3)16-12-15(16)14-9-7-6-8-10-14/h6-10,13,15-18H,4-5,11-12H2,1-3H3. The van der Waals surface area contributed by atoms with Crippen LogP contribution in [-0.2, 0) is 0 Å². The van der Waals surface area contributed by atoms with Crippen LogP contribution in [0.15, 0.2) is 30.3 Å². The zero-order valence-corrected chi connectivity index (χ0v) is 12.0. The fourth-order valence-electron chi connectivity index (χ4n) is 3.23. The maximum absolute atomic E-state index is 3.56. The van der Waals surface area contributed by atoms with Crippen LogP contribution in [0.1, 0.15) is 51.0 Å². The second kappa shape index (κ2) is 6.38. The number of nitrogens with one attached hydrogen (secondary N) is 1. The van der Waals surface area contributed by atoms with Gasteiger partial charge in [-0.2, -0.15) is 0 Å². The summed E-state index contributed by atoms with van der Waals surface area (Å²) >= 11 is 0. The van der Waals surface area contributed by atoms with Gasteiger partial charge in [0.2, 0.25) is 0 Å². The van der Waals surface area contributed by atoms with Gasteiger partial charge >= 0.3 is 0 Å². The SMILES string of the molecule is CCC(CC)CC(NC)C1CC1c1ccccc1. The number of rotatable bonds is 7. The Labute approximate surface area is 112 Å². The van der Waals surface area contributed by atoms with Gasteiger partial charge in [-0.1, -0.05) is 57.0 Å². The van der Waals surface area contributed by atoms with Gasteiger partial charge < -0.3 is 5.32 Å². The molecule has 1 N–H and O–H groups in total. The molecular weight excluding hydrogens is 218 g/mol. The molecule has 1 nitrogen and oxygen atoms in total. The first-order valence-corrected chi connectivity index (χ1v) is 7.52. The molecule has 3 atom stereocenters. The largest absolute Gasteiger partial charge is 0.317 e. The van der Waals surface area contributed by atoms with Crippen LogP contribution < -0.4 is 5.32 Å². The molecule has 1 aliphatic carbocycles. The molecule has 1 aromatic rings. The Hall–Kier alpha value is -0.820. The molecule has 1 fully saturated rings. The molecule has 0 amide bonds. The molecule has 0 bridgehead atoms. The van der Waals surface area contributed by atoms with Crippen molar-refractivity contribution in [2.75, 3.05) is 7.05 Å². The van der Waals surface area contributed by atoms with E-state index in [1.807, 2.05) is 0 Å². The lowest BCUT2D eigenvalue weighted by Gasteiger charge is -2.22. The number of benzene rings is 1. The van der Waals surface area contributed by atoms with Crippen molar-refractivity contribution in [1.82, 2.24) is 5.32 Å². The van der Waals surface area contributed by atoms with Gasteiger partial charge in [0.15, 0.2) is 0 Å². The monoisotopic (exact) mass is 245 g/mol. The first-order valence-electron chi connectivity index (χ1n) is 7.52. The van der Waals surface area contributed by atoms with Gasteiger partial charge in [-0.15, -0.1) is 0 Å². The van der Waals surface area contributed by atoms with Crippen LogP contribution in [0.5, 0.6) is 0 Å². The lowest BCUT2D eigenvalue weighted by Crippen LogP contribution is -2.30. The van der Waals surface area contributed by atoms with Crippen LogP contribution in [0.2, 0.25) is 0 Å². The lowest BCUT2D eigenvalue weighted by molar-refractivity contribution is 0.351. The molecule has 1 heteroatoms. The first-order chi connectivity index (χ1) is 8.80. The summed E-state index contributed by atoms with van der Waals surface area (Å²) in [6.45, 7) is 4.64. The highest BCUT2D eigenvalue weighted by Gasteiger charge is 2.43. The minimum absolute atomic E-state index is 0.708. The summed E-state index contributed by atoms with van der Waals surface area (Å²) in [6, 6.07) is 11.7. The van der Waals surface area contributed by atoms with Crippen molar-refractivity contribution in [3.63, 3.8) is 0 Å². The summed E-state index contributed by atoms with van der Waals surface area (Å²) in [7, 11) is 2.13. The Bertz CT molecular complexity index is 342. The van der Waals surface area contributed by atoms with Crippen LogP contribution in [0.3, 0.4) is 0 Å². The minimum atomic E-state index is 0.708. The fourth-order valence-corrected chi connectivity index (χ4v) is 3.23. The second-order valence-corrected chi connectivity index (χ2v) is 5.73. The van der Waals surface area contributed by atoms with Gasteiger partial charge in [-0.3, -0.25) is 0 Å². The minimum Gasteiger partial charge on any atom is -0.317 e. The van der Waals surface area contributed by atoms with Crippen LogP contribution in [0.4, 0.5) is 0 Å². The molecule has 1 saturated carbocycles. The van der Waals surface area contributed by atoms with Crippen molar-refractivity contribution in [2.24, 2.45) is 11.8 Å². The summed E-state index contributed by atoms with van der Waals surface area (Å²) in [5.74, 6) is 2.55. The Balaban J connectivity index is 1.92. The van der Waals surface area contributed by atoms with E-state index < -0.39 is 0 Å². The van der Waals surface area contributed by atoms with E-state index in [2.05, 4.69) is 56.5 Å². The quantitative estimate of drug-likeness (QED) is 0.759. The highest BCUT2D eigenvalue weighted by atomic mass is 14.9. The van der Waals surface area contributed by atoms with Gasteiger partial charge in [0.05, 0.1) is 0 Å². The van der Waals surface area contributed by atoms with Crippen molar-refractivity contribution in [2.45, 2.75) is 51.5 Å². The highest BCUT2D eigenvalue weighted by molar-refractivity contribution is 5.26. The van der Waals surface area contributed by atoms with Gasteiger partial charge in [-0.05, 0) is 43.2 Å². The average Bonchev–Trinajstić information content (AvgIpc) is 3.22. The van der Waals surface area contributed by atoms with Crippen molar-refractivity contribution in [3.05, 3.63) is 35.9 Å². The van der Waals surface area contributed by atoms with Gasteiger partial charge in [0, 0.05) is 6.04 Å². The molecule has 1 aliphatic rings. The predicted octanol–water partition coefficient (Wildman–Crippen LogP) is 4.20. The van der Waals surface area contributed by atoms with Crippen molar-refractivity contribution < 1.29 is 0 Å². The summed E-state index contributed by atoms with van der Waals surface area (Å²) in [4.78, 5) is 0. The molecule has 0 aromatic heterocycles. The lowest BCUT2D eigenvalue weighted by atomic mass is 9.91. The molecule has 3 unspecified atom stereocenters. The first kappa shape index (κ1) is 13.6. The molecule has 0 saturated heterocycles. The summed E-state index contributed by atoms with van der Waals surface area (Å²) < 4.78 is 0. The van der Waals surface area contributed by atoms with Crippen molar-refractivity contribution in [3.8, 4) is 0 Å². The van der Waals surface area contributed by atoms with Crippen molar-refractivity contribution in [1.29, 1.82) is 0 Å². The van der Waals surface area contributed by atoms with Crippen molar-refractivity contribution >= 4 is 0 Å². The Kier molecular flexibility index (Phi) is 4.82. The zero-order chi connectivity index (χ0) is 13.0.